The van der Waals surface area contributed by atoms with Crippen molar-refractivity contribution in [1.82, 2.24) is 14.7 Å². The molecule has 0 atom stereocenters. The maximum absolute atomic E-state index is 12.6. The number of carbonyl (C=O) groups excluding carboxylic acids is 1. The molecule has 1 aromatic carbocycles. The first-order valence-electron chi connectivity index (χ1n) is 9.14. The molecule has 0 saturated carbocycles. The van der Waals surface area contributed by atoms with Crippen molar-refractivity contribution < 1.29 is 13.2 Å². The zero-order valence-corrected chi connectivity index (χ0v) is 18.0. The first-order chi connectivity index (χ1) is 13.7. The van der Waals surface area contributed by atoms with Gasteiger partial charge in [0.2, 0.25) is 0 Å². The Labute approximate surface area is 172 Å². The van der Waals surface area contributed by atoms with Crippen LogP contribution >= 0.6 is 11.3 Å². The van der Waals surface area contributed by atoms with E-state index in [1.165, 1.54) is 23.5 Å². The summed E-state index contributed by atoms with van der Waals surface area (Å²) < 4.78 is 30.7. The van der Waals surface area contributed by atoms with Crippen molar-refractivity contribution >= 4 is 49.0 Å². The lowest BCUT2D eigenvalue weighted by atomic mass is 10.3. The molecule has 10 heteroatoms. The summed E-state index contributed by atoms with van der Waals surface area (Å²) in [4.78, 5) is 16.0. The number of hydrogen-bond donors (Lipinski definition) is 1. The van der Waals surface area contributed by atoms with Crippen LogP contribution in [0.3, 0.4) is 0 Å². The van der Waals surface area contributed by atoms with Gasteiger partial charge >= 0.3 is 0 Å². The Morgan fingerprint density at radius 3 is 2.59 bits per heavy atom. The Balaban J connectivity index is 1.51. The Morgan fingerprint density at radius 2 is 1.97 bits per heavy atom. The third-order valence-electron chi connectivity index (χ3n) is 4.89. The minimum Gasteiger partial charge on any atom is -0.362 e. The Kier molecular flexibility index (Phi) is 4.91. The van der Waals surface area contributed by atoms with Crippen LogP contribution in [0, 0.1) is 6.92 Å². The lowest BCUT2D eigenvalue weighted by molar-refractivity contribution is 0.103. The van der Waals surface area contributed by atoms with Gasteiger partial charge in [0.05, 0.1) is 15.5 Å². The molecule has 1 amide bonds. The number of amidine groups is 1. The molecule has 1 aliphatic heterocycles. The minimum atomic E-state index is -3.77. The van der Waals surface area contributed by atoms with E-state index in [9.17, 15) is 13.2 Å². The van der Waals surface area contributed by atoms with Gasteiger partial charge in [0.15, 0.2) is 0 Å². The summed E-state index contributed by atoms with van der Waals surface area (Å²) in [5, 5.41) is 8.10. The van der Waals surface area contributed by atoms with E-state index >= 15 is 0 Å². The maximum atomic E-state index is 12.6. The SMILES string of the molecule is Cc1nn(C)c2sc(C(=O)Nc3ccc(S(=O)(=O)/N=C4\CCCN4C)cc3)cc12. The van der Waals surface area contributed by atoms with E-state index in [0.29, 0.717) is 22.8 Å². The number of benzene rings is 1. The van der Waals surface area contributed by atoms with Gasteiger partial charge in [-0.1, -0.05) is 0 Å². The van der Waals surface area contributed by atoms with Crippen LogP contribution in [0.15, 0.2) is 39.6 Å². The van der Waals surface area contributed by atoms with Gasteiger partial charge in [-0.2, -0.15) is 13.5 Å². The highest BCUT2D eigenvalue weighted by Gasteiger charge is 2.20. The molecule has 1 aliphatic rings. The second-order valence-electron chi connectivity index (χ2n) is 7.02. The molecule has 29 heavy (non-hydrogen) atoms. The number of nitrogens with one attached hydrogen (secondary N) is 1. The Bertz CT molecular complexity index is 1190. The van der Waals surface area contributed by atoms with Gasteiger partial charge in [-0.3, -0.25) is 9.48 Å². The van der Waals surface area contributed by atoms with Crippen molar-refractivity contribution in [3.8, 4) is 0 Å². The number of anilines is 1. The number of nitrogens with zero attached hydrogens (tertiary/aromatic N) is 4. The molecule has 2 aromatic heterocycles. The van der Waals surface area contributed by atoms with E-state index in [0.717, 1.165) is 28.9 Å². The van der Waals surface area contributed by atoms with E-state index < -0.39 is 10.0 Å². The van der Waals surface area contributed by atoms with Crippen molar-refractivity contribution in [2.24, 2.45) is 11.4 Å². The number of likely N-dealkylation sites (tertiary alicyclic amines) is 1. The van der Waals surface area contributed by atoms with Crippen molar-refractivity contribution in [3.05, 3.63) is 40.9 Å². The summed E-state index contributed by atoms with van der Waals surface area (Å²) in [5.41, 5.74) is 1.40. The standard InChI is InChI=1S/C19H21N5O3S2/c1-12-15-11-16(28-19(15)24(3)21-12)18(25)20-13-6-8-14(9-7-13)29(26,27)22-17-5-4-10-23(17)2/h6-9,11H,4-5,10H2,1-3H3,(H,20,25)/b22-17+. The molecule has 4 rings (SSSR count). The quantitative estimate of drug-likeness (QED) is 0.685. The number of sulfonamides is 1. The number of aryl methyl sites for hydroxylation is 2. The van der Waals surface area contributed by atoms with Gasteiger partial charge in [0.1, 0.15) is 10.7 Å². The number of amides is 1. The smallest absolute Gasteiger partial charge is 0.283 e. The fourth-order valence-corrected chi connectivity index (χ4v) is 5.43. The average molecular weight is 432 g/mol. The molecule has 0 radical (unpaired) electrons. The minimum absolute atomic E-state index is 0.104. The summed E-state index contributed by atoms with van der Waals surface area (Å²) in [6, 6.07) is 7.89. The summed E-state index contributed by atoms with van der Waals surface area (Å²) in [7, 11) is -0.0820. The van der Waals surface area contributed by atoms with E-state index in [4.69, 9.17) is 0 Å². The van der Waals surface area contributed by atoms with Gasteiger partial charge < -0.3 is 10.2 Å². The van der Waals surface area contributed by atoms with E-state index in [2.05, 4.69) is 14.8 Å². The van der Waals surface area contributed by atoms with Crippen molar-refractivity contribution in [2.45, 2.75) is 24.7 Å². The van der Waals surface area contributed by atoms with Crippen LogP contribution < -0.4 is 5.32 Å². The molecule has 0 unspecified atom stereocenters. The highest BCUT2D eigenvalue weighted by atomic mass is 32.2. The summed E-state index contributed by atoms with van der Waals surface area (Å²) >= 11 is 1.37. The highest BCUT2D eigenvalue weighted by Crippen LogP contribution is 2.28. The number of thiophene rings is 1. The fourth-order valence-electron chi connectivity index (χ4n) is 3.32. The Morgan fingerprint density at radius 1 is 1.24 bits per heavy atom. The number of rotatable bonds is 4. The molecule has 0 spiro atoms. The molecule has 1 saturated heterocycles. The summed E-state index contributed by atoms with van der Waals surface area (Å²) in [6.07, 6.45) is 1.57. The Hall–Kier alpha value is -2.72. The monoisotopic (exact) mass is 431 g/mol. The first kappa shape index (κ1) is 19.6. The van der Waals surface area contributed by atoms with Gasteiger partial charge in [-0.05, 0) is 43.7 Å². The molecule has 1 N–H and O–H groups in total. The van der Waals surface area contributed by atoms with Gasteiger partial charge in [0, 0.05) is 38.1 Å². The molecule has 0 aliphatic carbocycles. The largest absolute Gasteiger partial charge is 0.362 e. The maximum Gasteiger partial charge on any atom is 0.283 e. The van der Waals surface area contributed by atoms with Crippen LogP contribution in [0.1, 0.15) is 28.2 Å². The number of aromatic nitrogens is 2. The van der Waals surface area contributed by atoms with Gasteiger partial charge in [0.25, 0.3) is 15.9 Å². The zero-order chi connectivity index (χ0) is 20.8. The lowest BCUT2D eigenvalue weighted by Gasteiger charge is -2.11. The first-order valence-corrected chi connectivity index (χ1v) is 11.4. The van der Waals surface area contributed by atoms with E-state index in [1.54, 1.807) is 16.8 Å². The molecular weight excluding hydrogens is 410 g/mol. The molecular formula is C19H21N5O3S2. The number of carbonyl (C=O) groups is 1. The van der Waals surface area contributed by atoms with Crippen LogP contribution in [0.2, 0.25) is 0 Å². The fraction of sp³-hybridized carbons (Fsp3) is 0.316. The third-order valence-corrected chi connectivity index (χ3v) is 7.41. The molecule has 3 heterocycles. The topological polar surface area (TPSA) is 96.7 Å². The van der Waals surface area contributed by atoms with Gasteiger partial charge in [-0.25, -0.2) is 0 Å². The lowest BCUT2D eigenvalue weighted by Crippen LogP contribution is -2.20. The van der Waals surface area contributed by atoms with Crippen molar-refractivity contribution in [2.75, 3.05) is 18.9 Å². The van der Waals surface area contributed by atoms with Crippen LogP contribution in [-0.2, 0) is 17.1 Å². The second kappa shape index (κ2) is 7.27. The summed E-state index contributed by atoms with van der Waals surface area (Å²) in [5.74, 6) is 0.339. The van der Waals surface area contributed by atoms with Gasteiger partial charge in [-0.15, -0.1) is 15.7 Å². The predicted molar refractivity (Wildman–Crippen MR) is 114 cm³/mol. The molecule has 8 nitrogen and oxygen atoms in total. The third kappa shape index (κ3) is 3.77. The van der Waals surface area contributed by atoms with E-state index in [1.807, 2.05) is 32.0 Å². The molecule has 0 bridgehead atoms. The van der Waals surface area contributed by atoms with Crippen LogP contribution in [0.5, 0.6) is 0 Å². The van der Waals surface area contributed by atoms with Crippen LogP contribution in [0.4, 0.5) is 5.69 Å². The molecule has 3 aromatic rings. The van der Waals surface area contributed by atoms with E-state index in [-0.39, 0.29) is 10.8 Å². The zero-order valence-electron chi connectivity index (χ0n) is 16.3. The second-order valence-corrected chi connectivity index (χ2v) is 9.66. The van der Waals surface area contributed by atoms with Crippen molar-refractivity contribution in [3.63, 3.8) is 0 Å². The molecule has 1 fully saturated rings. The highest BCUT2D eigenvalue weighted by molar-refractivity contribution is 7.90. The van der Waals surface area contributed by atoms with Crippen LogP contribution in [0.25, 0.3) is 10.2 Å². The molecule has 152 valence electrons. The number of hydrogen-bond acceptors (Lipinski definition) is 5. The number of fused-ring (bicyclic) bond motifs is 1. The van der Waals surface area contributed by atoms with Crippen LogP contribution in [-0.4, -0.2) is 48.4 Å². The predicted octanol–water partition coefficient (Wildman–Crippen LogP) is 3.01. The normalized spacial score (nSPS) is 16.1. The van der Waals surface area contributed by atoms with Crippen molar-refractivity contribution in [1.29, 1.82) is 0 Å². The average Bonchev–Trinajstić information content (AvgIpc) is 3.34. The summed E-state index contributed by atoms with van der Waals surface area (Å²) in [6.45, 7) is 2.72.